The Labute approximate surface area is 171 Å². The van der Waals surface area contributed by atoms with Gasteiger partial charge in [-0.1, -0.05) is 30.3 Å². The van der Waals surface area contributed by atoms with Gasteiger partial charge in [0.05, 0.1) is 11.6 Å². The van der Waals surface area contributed by atoms with Crippen molar-refractivity contribution in [3.05, 3.63) is 59.7 Å². The van der Waals surface area contributed by atoms with E-state index in [2.05, 4.69) is 11.4 Å². The lowest BCUT2D eigenvalue weighted by Gasteiger charge is -2.33. The molecule has 2 aromatic carbocycles. The van der Waals surface area contributed by atoms with Crippen LogP contribution in [0.25, 0.3) is 11.1 Å². The molecule has 0 radical (unpaired) electrons. The van der Waals surface area contributed by atoms with Crippen LogP contribution in [-0.4, -0.2) is 35.8 Å². The molecular formula is C24H25N3O2. The SMILES string of the molecule is C[C@@H](NC(=O)c1ccc(-c2ccccc2C#N)cc1)C(=O)N1CCC2(CC1)CC2. The highest BCUT2D eigenvalue weighted by atomic mass is 16.2. The van der Waals surface area contributed by atoms with E-state index in [0.29, 0.717) is 16.5 Å². The van der Waals surface area contributed by atoms with E-state index in [1.165, 1.54) is 12.8 Å². The van der Waals surface area contributed by atoms with Crippen molar-refractivity contribution < 1.29 is 9.59 Å². The van der Waals surface area contributed by atoms with Gasteiger partial charge in [0.2, 0.25) is 5.91 Å². The highest BCUT2D eigenvalue weighted by Crippen LogP contribution is 2.53. The fourth-order valence-corrected chi connectivity index (χ4v) is 4.13. The first kappa shape index (κ1) is 19.2. The highest BCUT2D eigenvalue weighted by molar-refractivity contribution is 5.97. The molecule has 148 valence electrons. The van der Waals surface area contributed by atoms with Crippen LogP contribution in [0.1, 0.15) is 48.5 Å². The molecule has 1 saturated heterocycles. The van der Waals surface area contributed by atoms with Gasteiger partial charge < -0.3 is 10.2 Å². The van der Waals surface area contributed by atoms with Crippen LogP contribution in [0.3, 0.4) is 0 Å². The molecule has 0 unspecified atom stereocenters. The number of carbonyl (C=O) groups is 2. The van der Waals surface area contributed by atoms with Crippen molar-refractivity contribution in [2.24, 2.45) is 5.41 Å². The number of amides is 2. The van der Waals surface area contributed by atoms with Crippen LogP contribution in [-0.2, 0) is 4.79 Å². The number of hydrogen-bond donors (Lipinski definition) is 1. The molecule has 2 aliphatic rings. The third-order valence-corrected chi connectivity index (χ3v) is 6.32. The molecule has 0 bridgehead atoms. The average Bonchev–Trinajstić information content (AvgIpc) is 3.52. The van der Waals surface area contributed by atoms with Gasteiger partial charge in [0.25, 0.3) is 5.91 Å². The standard InChI is InChI=1S/C24H25N3O2/c1-17(23(29)27-14-12-24(10-11-24)13-15-27)26-22(28)19-8-6-18(7-9-19)21-5-3-2-4-20(21)16-25/h2-9,17H,10-15H2,1H3,(H,26,28)/t17-/m1/s1. The Balaban J connectivity index is 1.38. The predicted octanol–water partition coefficient (Wildman–Crippen LogP) is 3.75. The van der Waals surface area contributed by atoms with Gasteiger partial charge in [0.1, 0.15) is 6.04 Å². The van der Waals surface area contributed by atoms with Crippen molar-refractivity contribution in [3.8, 4) is 17.2 Å². The van der Waals surface area contributed by atoms with Gasteiger partial charge in [0.15, 0.2) is 0 Å². The number of benzene rings is 2. The summed E-state index contributed by atoms with van der Waals surface area (Å²) in [5.74, 6) is -0.268. The van der Waals surface area contributed by atoms with Crippen molar-refractivity contribution in [1.29, 1.82) is 5.26 Å². The average molecular weight is 387 g/mol. The molecule has 2 amide bonds. The first-order chi connectivity index (χ1) is 14.0. The molecule has 0 aromatic heterocycles. The number of rotatable bonds is 4. The number of likely N-dealkylation sites (tertiary alicyclic amines) is 1. The zero-order valence-corrected chi connectivity index (χ0v) is 16.6. The zero-order valence-electron chi connectivity index (χ0n) is 16.6. The molecular weight excluding hydrogens is 362 g/mol. The molecule has 4 rings (SSSR count). The van der Waals surface area contributed by atoms with Gasteiger partial charge in [-0.05, 0) is 67.3 Å². The minimum atomic E-state index is -0.547. The molecule has 2 fully saturated rings. The summed E-state index contributed by atoms with van der Waals surface area (Å²) in [4.78, 5) is 27.2. The molecule has 1 atom stereocenters. The summed E-state index contributed by atoms with van der Waals surface area (Å²) in [5.41, 5.74) is 3.33. The number of carbonyl (C=O) groups excluding carboxylic acids is 2. The summed E-state index contributed by atoms with van der Waals surface area (Å²) in [6, 6.07) is 16.1. The first-order valence-electron chi connectivity index (χ1n) is 10.2. The Kier molecular flexibility index (Phi) is 5.10. The smallest absolute Gasteiger partial charge is 0.251 e. The Hall–Kier alpha value is -3.13. The highest BCUT2D eigenvalue weighted by Gasteiger charge is 2.45. The molecule has 29 heavy (non-hydrogen) atoms. The Morgan fingerprint density at radius 1 is 1.03 bits per heavy atom. The summed E-state index contributed by atoms with van der Waals surface area (Å²) in [5, 5.41) is 12.1. The molecule has 1 aliphatic carbocycles. The normalized spacial score (nSPS) is 18.0. The van der Waals surface area contributed by atoms with E-state index in [1.807, 2.05) is 35.2 Å². The van der Waals surface area contributed by atoms with Crippen LogP contribution in [0.15, 0.2) is 48.5 Å². The van der Waals surface area contributed by atoms with Crippen LogP contribution in [0.2, 0.25) is 0 Å². The number of hydrogen-bond acceptors (Lipinski definition) is 3. The summed E-state index contributed by atoms with van der Waals surface area (Å²) < 4.78 is 0. The van der Waals surface area contributed by atoms with Crippen LogP contribution in [0, 0.1) is 16.7 Å². The maximum absolute atomic E-state index is 12.7. The van der Waals surface area contributed by atoms with Gasteiger partial charge in [-0.25, -0.2) is 0 Å². The second-order valence-electron chi connectivity index (χ2n) is 8.26. The molecule has 1 spiro atoms. The van der Waals surface area contributed by atoms with Crippen molar-refractivity contribution >= 4 is 11.8 Å². The van der Waals surface area contributed by atoms with E-state index in [0.717, 1.165) is 37.1 Å². The number of nitriles is 1. The third-order valence-electron chi connectivity index (χ3n) is 6.32. The number of nitrogens with one attached hydrogen (secondary N) is 1. The van der Waals surface area contributed by atoms with Crippen LogP contribution >= 0.6 is 0 Å². The van der Waals surface area contributed by atoms with Crippen LogP contribution in [0.4, 0.5) is 0 Å². The van der Waals surface area contributed by atoms with E-state index in [1.54, 1.807) is 25.1 Å². The first-order valence-corrected chi connectivity index (χ1v) is 10.2. The second kappa shape index (κ2) is 7.71. The number of nitrogens with zero attached hydrogens (tertiary/aromatic N) is 2. The van der Waals surface area contributed by atoms with Crippen molar-refractivity contribution in [2.45, 2.75) is 38.6 Å². The van der Waals surface area contributed by atoms with Gasteiger partial charge in [-0.15, -0.1) is 0 Å². The minimum absolute atomic E-state index is 0.00609. The fraction of sp³-hybridized carbons (Fsp3) is 0.375. The molecule has 5 heteroatoms. The second-order valence-corrected chi connectivity index (χ2v) is 8.26. The predicted molar refractivity (Wildman–Crippen MR) is 111 cm³/mol. The maximum Gasteiger partial charge on any atom is 0.251 e. The van der Waals surface area contributed by atoms with E-state index in [9.17, 15) is 14.9 Å². The van der Waals surface area contributed by atoms with Gasteiger partial charge in [0, 0.05) is 18.7 Å². The summed E-state index contributed by atoms with van der Waals surface area (Å²) in [7, 11) is 0. The van der Waals surface area contributed by atoms with Crippen molar-refractivity contribution in [3.63, 3.8) is 0 Å². The lowest BCUT2D eigenvalue weighted by Crippen LogP contribution is -2.49. The molecule has 2 aromatic rings. The summed E-state index contributed by atoms with van der Waals surface area (Å²) in [6.45, 7) is 3.34. The Morgan fingerprint density at radius 2 is 1.69 bits per heavy atom. The largest absolute Gasteiger partial charge is 0.341 e. The number of piperidine rings is 1. The quantitative estimate of drug-likeness (QED) is 0.868. The Morgan fingerprint density at radius 3 is 2.31 bits per heavy atom. The van der Waals surface area contributed by atoms with Gasteiger partial charge in [-0.2, -0.15) is 5.26 Å². The molecule has 1 heterocycles. The monoisotopic (exact) mass is 387 g/mol. The van der Waals surface area contributed by atoms with E-state index in [-0.39, 0.29) is 11.8 Å². The zero-order chi connectivity index (χ0) is 20.4. The lowest BCUT2D eigenvalue weighted by molar-refractivity contribution is -0.134. The third kappa shape index (κ3) is 4.02. The van der Waals surface area contributed by atoms with Crippen molar-refractivity contribution in [2.75, 3.05) is 13.1 Å². The fourth-order valence-electron chi connectivity index (χ4n) is 4.13. The van der Waals surface area contributed by atoms with Crippen molar-refractivity contribution in [1.82, 2.24) is 10.2 Å². The maximum atomic E-state index is 12.7. The summed E-state index contributed by atoms with van der Waals surface area (Å²) >= 11 is 0. The minimum Gasteiger partial charge on any atom is -0.341 e. The van der Waals surface area contributed by atoms with E-state index in [4.69, 9.17) is 0 Å². The van der Waals surface area contributed by atoms with Crippen LogP contribution < -0.4 is 5.32 Å². The lowest BCUT2D eigenvalue weighted by atomic mass is 9.93. The molecule has 1 N–H and O–H groups in total. The Bertz CT molecular complexity index is 960. The van der Waals surface area contributed by atoms with Gasteiger partial charge >= 0.3 is 0 Å². The topological polar surface area (TPSA) is 73.2 Å². The van der Waals surface area contributed by atoms with E-state index < -0.39 is 6.04 Å². The van der Waals surface area contributed by atoms with Crippen LogP contribution in [0.5, 0.6) is 0 Å². The van der Waals surface area contributed by atoms with E-state index >= 15 is 0 Å². The molecule has 5 nitrogen and oxygen atoms in total. The molecule has 1 aliphatic heterocycles. The van der Waals surface area contributed by atoms with Gasteiger partial charge in [-0.3, -0.25) is 9.59 Å². The summed E-state index contributed by atoms with van der Waals surface area (Å²) in [6.07, 6.45) is 4.78. The molecule has 1 saturated carbocycles.